The zero-order valence-corrected chi connectivity index (χ0v) is 26.8. The van der Waals surface area contributed by atoms with Gasteiger partial charge in [0.1, 0.15) is 23.9 Å². The third kappa shape index (κ3) is 5.99. The van der Waals surface area contributed by atoms with E-state index in [4.69, 9.17) is 14.2 Å². The molecule has 1 aliphatic heterocycles. The number of hydrogen-bond acceptors (Lipinski definition) is 7. The van der Waals surface area contributed by atoms with Crippen LogP contribution in [-0.4, -0.2) is 24.3 Å². The number of ether oxygens (including phenoxy) is 3. The molecule has 2 heterocycles. The van der Waals surface area contributed by atoms with Gasteiger partial charge in [-0.25, -0.2) is 14.2 Å². The highest BCUT2D eigenvalue weighted by Crippen LogP contribution is 2.36. The number of nitrogens with zero attached hydrogens (tertiary/aromatic N) is 2. The van der Waals surface area contributed by atoms with Crippen LogP contribution in [0.4, 0.5) is 4.39 Å². The quantitative estimate of drug-likeness (QED) is 0.208. The molecule has 7 nitrogen and oxygen atoms in total. The van der Waals surface area contributed by atoms with Crippen LogP contribution in [0.3, 0.4) is 0 Å². The normalized spacial score (nSPS) is 14.8. The molecule has 1 aromatic heterocycles. The number of esters is 1. The number of carbonyl (C=O) groups is 1. The van der Waals surface area contributed by atoms with Crippen molar-refractivity contribution < 1.29 is 23.4 Å². The summed E-state index contributed by atoms with van der Waals surface area (Å²) < 4.78 is 33.8. The maximum atomic E-state index is 14.1. The van der Waals surface area contributed by atoms with E-state index in [0.717, 1.165) is 11.1 Å². The van der Waals surface area contributed by atoms with Crippen molar-refractivity contribution in [2.24, 2.45) is 4.99 Å². The lowest BCUT2D eigenvalue weighted by atomic mass is 9.96. The summed E-state index contributed by atoms with van der Waals surface area (Å²) in [4.78, 5) is 32.1. The molecule has 0 bridgehead atoms. The number of halogens is 3. The number of fused-ring (bicyclic) bond motifs is 1. The molecule has 1 aliphatic rings. The first kappa shape index (κ1) is 29.9. The summed E-state index contributed by atoms with van der Waals surface area (Å²) >= 11 is 8.32. The minimum absolute atomic E-state index is 0.0509. The maximum Gasteiger partial charge on any atom is 0.338 e. The summed E-state index contributed by atoms with van der Waals surface area (Å²) in [5.74, 6) is 0.298. The molecule has 0 fully saturated rings. The van der Waals surface area contributed by atoms with E-state index < -0.39 is 12.0 Å². The van der Waals surface area contributed by atoms with Crippen LogP contribution < -0.4 is 24.4 Å². The summed E-state index contributed by atoms with van der Waals surface area (Å²) in [6.07, 6.45) is 1.76. The number of allylic oxidation sites excluding steroid dienone is 1. The van der Waals surface area contributed by atoms with Crippen molar-refractivity contribution in [1.29, 1.82) is 0 Å². The second-order valence-electron chi connectivity index (χ2n) is 9.27. The minimum atomic E-state index is -0.721. The van der Waals surface area contributed by atoms with Gasteiger partial charge in [-0.1, -0.05) is 41.7 Å². The van der Waals surface area contributed by atoms with Crippen LogP contribution in [0.15, 0.2) is 90.7 Å². The molecular weight excluding hydrogens is 691 g/mol. The van der Waals surface area contributed by atoms with Crippen molar-refractivity contribution in [3.8, 4) is 11.5 Å². The topological polar surface area (TPSA) is 79.1 Å². The monoisotopic (exact) mass is 714 g/mol. The fourth-order valence-corrected chi connectivity index (χ4v) is 7.11. The molecule has 0 saturated heterocycles. The highest BCUT2D eigenvalue weighted by atomic mass is 79.9. The largest absolute Gasteiger partial charge is 0.497 e. The number of carbonyl (C=O) groups excluding carboxylic acids is 1. The molecular formula is C31H25Br2FN2O5S. The molecule has 0 N–H and O–H groups in total. The number of hydrogen-bond donors (Lipinski definition) is 0. The lowest BCUT2D eigenvalue weighted by Crippen LogP contribution is -2.39. The number of rotatable bonds is 8. The SMILES string of the molecule is CCOC(=O)C1=C(C)N=c2sc(=Cc3cc(Br)c(OCc4ccccc4F)c(Br)c3)c(=O)n2[C@H]1c1ccc(OC)cc1. The molecule has 216 valence electrons. The van der Waals surface area contributed by atoms with E-state index in [1.54, 1.807) is 57.4 Å². The summed E-state index contributed by atoms with van der Waals surface area (Å²) in [5.41, 5.74) is 2.39. The Labute approximate surface area is 261 Å². The van der Waals surface area contributed by atoms with Gasteiger partial charge in [0.25, 0.3) is 5.56 Å². The number of methoxy groups -OCH3 is 1. The van der Waals surface area contributed by atoms with Gasteiger partial charge in [0.15, 0.2) is 4.80 Å². The molecule has 0 unspecified atom stereocenters. The highest BCUT2D eigenvalue weighted by molar-refractivity contribution is 9.11. The van der Waals surface area contributed by atoms with E-state index in [1.807, 2.05) is 24.3 Å². The van der Waals surface area contributed by atoms with Gasteiger partial charge in [-0.15, -0.1) is 0 Å². The first-order valence-electron chi connectivity index (χ1n) is 12.9. The molecule has 0 aliphatic carbocycles. The predicted octanol–water partition coefficient (Wildman–Crippen LogP) is 6.05. The van der Waals surface area contributed by atoms with E-state index >= 15 is 0 Å². The lowest BCUT2D eigenvalue weighted by Gasteiger charge is -2.24. The Morgan fingerprint density at radius 1 is 1.12 bits per heavy atom. The van der Waals surface area contributed by atoms with Crippen molar-refractivity contribution in [1.82, 2.24) is 4.57 Å². The standard InChI is InChI=1S/C31H25Br2FN2O5S/c1-4-40-30(38)26-17(2)35-31-36(27(26)19-9-11-21(39-3)12-10-19)29(37)25(42-31)15-18-13-22(32)28(23(33)14-18)41-16-20-7-5-6-8-24(20)34/h5-15,27H,4,16H2,1-3H3/t27-/m0/s1. The van der Waals surface area contributed by atoms with Gasteiger partial charge in [0.2, 0.25) is 0 Å². The molecule has 0 amide bonds. The average molecular weight is 716 g/mol. The Balaban J connectivity index is 1.56. The van der Waals surface area contributed by atoms with Crippen molar-refractivity contribution in [2.45, 2.75) is 26.5 Å². The van der Waals surface area contributed by atoms with Crippen molar-refractivity contribution in [2.75, 3.05) is 13.7 Å². The lowest BCUT2D eigenvalue weighted by molar-refractivity contribution is -0.139. The fourth-order valence-electron chi connectivity index (χ4n) is 4.61. The zero-order chi connectivity index (χ0) is 30.0. The Morgan fingerprint density at radius 3 is 2.45 bits per heavy atom. The van der Waals surface area contributed by atoms with Crippen LogP contribution >= 0.6 is 43.2 Å². The summed E-state index contributed by atoms with van der Waals surface area (Å²) in [5, 5.41) is 0. The van der Waals surface area contributed by atoms with Crippen molar-refractivity contribution >= 4 is 55.2 Å². The molecule has 5 rings (SSSR count). The highest BCUT2D eigenvalue weighted by Gasteiger charge is 2.33. The fraction of sp³-hybridized carbons (Fsp3) is 0.194. The van der Waals surface area contributed by atoms with E-state index in [0.29, 0.717) is 46.6 Å². The Morgan fingerprint density at radius 2 is 1.81 bits per heavy atom. The van der Waals surface area contributed by atoms with Gasteiger partial charge in [0, 0.05) is 5.56 Å². The van der Waals surface area contributed by atoms with E-state index in [1.165, 1.54) is 22.0 Å². The van der Waals surface area contributed by atoms with Crippen LogP contribution in [0.1, 0.15) is 36.6 Å². The third-order valence-electron chi connectivity index (χ3n) is 6.60. The first-order chi connectivity index (χ1) is 20.2. The Bertz CT molecular complexity index is 1860. The van der Waals surface area contributed by atoms with E-state index in [9.17, 15) is 14.0 Å². The third-order valence-corrected chi connectivity index (χ3v) is 8.76. The van der Waals surface area contributed by atoms with Gasteiger partial charge < -0.3 is 14.2 Å². The average Bonchev–Trinajstić information content (AvgIpc) is 3.26. The molecule has 0 radical (unpaired) electrons. The minimum Gasteiger partial charge on any atom is -0.497 e. The van der Waals surface area contributed by atoms with Crippen molar-refractivity contribution in [3.63, 3.8) is 0 Å². The van der Waals surface area contributed by atoms with Crippen LogP contribution in [0.25, 0.3) is 6.08 Å². The van der Waals surface area contributed by atoms with Crippen molar-refractivity contribution in [3.05, 3.63) is 123 Å². The van der Waals surface area contributed by atoms with Gasteiger partial charge in [-0.05, 0) is 93.2 Å². The Hall–Kier alpha value is -3.54. The summed E-state index contributed by atoms with van der Waals surface area (Å²) in [6, 6.07) is 16.6. The molecule has 1 atom stereocenters. The summed E-state index contributed by atoms with van der Waals surface area (Å²) in [7, 11) is 1.57. The molecule has 0 spiro atoms. The zero-order valence-electron chi connectivity index (χ0n) is 22.8. The van der Waals surface area contributed by atoms with Crippen LogP contribution in [0.5, 0.6) is 11.5 Å². The number of benzene rings is 3. The van der Waals surface area contributed by atoms with E-state index in [2.05, 4.69) is 36.9 Å². The molecule has 11 heteroatoms. The van der Waals surface area contributed by atoms with Crippen LogP contribution in [0.2, 0.25) is 0 Å². The van der Waals surface area contributed by atoms with E-state index in [-0.39, 0.29) is 24.6 Å². The van der Waals surface area contributed by atoms with Gasteiger partial charge in [0.05, 0.1) is 44.5 Å². The smallest absolute Gasteiger partial charge is 0.338 e. The maximum absolute atomic E-state index is 14.1. The number of thiazole rings is 1. The molecule has 0 saturated carbocycles. The molecule has 4 aromatic rings. The number of aromatic nitrogens is 1. The van der Waals surface area contributed by atoms with Crippen LogP contribution in [-0.2, 0) is 16.1 Å². The molecule has 3 aromatic carbocycles. The molecule has 42 heavy (non-hydrogen) atoms. The summed E-state index contributed by atoms with van der Waals surface area (Å²) in [6.45, 7) is 3.72. The van der Waals surface area contributed by atoms with Gasteiger partial charge in [-0.3, -0.25) is 9.36 Å². The first-order valence-corrected chi connectivity index (χ1v) is 15.3. The second-order valence-corrected chi connectivity index (χ2v) is 12.0. The second kappa shape index (κ2) is 12.8. The Kier molecular flexibility index (Phi) is 9.10. The predicted molar refractivity (Wildman–Crippen MR) is 166 cm³/mol. The van der Waals surface area contributed by atoms with Gasteiger partial charge in [-0.2, -0.15) is 0 Å². The van der Waals surface area contributed by atoms with Gasteiger partial charge >= 0.3 is 5.97 Å². The van der Waals surface area contributed by atoms with Crippen LogP contribution in [0, 0.1) is 5.82 Å².